The summed E-state index contributed by atoms with van der Waals surface area (Å²) in [6.45, 7) is 5.88. The van der Waals surface area contributed by atoms with E-state index in [1.165, 1.54) is 5.56 Å². The van der Waals surface area contributed by atoms with Crippen LogP contribution in [0.15, 0.2) is 42.5 Å². The molecule has 2 aromatic rings. The van der Waals surface area contributed by atoms with Gasteiger partial charge in [0.15, 0.2) is 0 Å². The van der Waals surface area contributed by atoms with Crippen LogP contribution in [0.25, 0.3) is 0 Å². The Labute approximate surface area is 125 Å². The van der Waals surface area contributed by atoms with Gasteiger partial charge in [0.2, 0.25) is 0 Å². The van der Waals surface area contributed by atoms with Gasteiger partial charge in [-0.3, -0.25) is 10.1 Å². The molecule has 1 N–H and O–H groups in total. The van der Waals surface area contributed by atoms with E-state index < -0.39 is 0 Å². The Kier molecular flexibility index (Phi) is 4.58. The Morgan fingerprint density at radius 2 is 1.86 bits per heavy atom. The molecular formula is C17H20N2O2. The van der Waals surface area contributed by atoms with Gasteiger partial charge in [0.25, 0.3) is 5.69 Å². The normalized spacial score (nSPS) is 12.0. The van der Waals surface area contributed by atoms with E-state index in [0.29, 0.717) is 11.3 Å². The smallest absolute Gasteiger partial charge is 0.295 e. The number of hydrogen-bond acceptors (Lipinski definition) is 3. The molecule has 1 unspecified atom stereocenters. The van der Waals surface area contributed by atoms with E-state index in [-0.39, 0.29) is 16.7 Å². The molecule has 0 saturated heterocycles. The summed E-state index contributed by atoms with van der Waals surface area (Å²) >= 11 is 0. The van der Waals surface area contributed by atoms with E-state index in [0.717, 1.165) is 12.0 Å². The number of aryl methyl sites for hydroxylation is 2. The molecule has 2 aromatic carbocycles. The summed E-state index contributed by atoms with van der Waals surface area (Å²) in [5.41, 5.74) is 3.77. The second-order valence-corrected chi connectivity index (χ2v) is 5.19. The molecule has 110 valence electrons. The maximum Gasteiger partial charge on any atom is 0.295 e. The molecule has 0 bridgehead atoms. The molecule has 0 saturated carbocycles. The number of nitro benzene ring substituents is 1. The van der Waals surface area contributed by atoms with Crippen LogP contribution in [-0.4, -0.2) is 4.92 Å². The number of nitrogens with one attached hydrogen (secondary N) is 1. The van der Waals surface area contributed by atoms with Crippen molar-refractivity contribution in [1.82, 2.24) is 0 Å². The van der Waals surface area contributed by atoms with Gasteiger partial charge < -0.3 is 5.32 Å². The molecule has 0 radical (unpaired) electrons. The number of hydrogen-bond donors (Lipinski definition) is 1. The van der Waals surface area contributed by atoms with Crippen molar-refractivity contribution in [3.05, 3.63) is 69.3 Å². The van der Waals surface area contributed by atoms with Crippen molar-refractivity contribution in [2.24, 2.45) is 0 Å². The Hall–Kier alpha value is -2.36. The number of anilines is 1. The molecule has 0 fully saturated rings. The molecule has 0 aliphatic carbocycles. The van der Waals surface area contributed by atoms with E-state index in [9.17, 15) is 10.1 Å². The van der Waals surface area contributed by atoms with Crippen LogP contribution in [0.3, 0.4) is 0 Å². The maximum absolute atomic E-state index is 11.2. The number of nitrogens with zero attached hydrogens (tertiary/aromatic N) is 1. The number of benzene rings is 2. The standard InChI is InChI=1S/C17H20N2O2/c1-4-14-8-10-15(11-9-14)13(3)18-16-7-5-6-12(2)17(16)19(20)21/h5-11,13,18H,4H2,1-3H3. The second kappa shape index (κ2) is 6.39. The molecule has 0 aliphatic heterocycles. The third-order valence-electron chi connectivity index (χ3n) is 3.68. The highest BCUT2D eigenvalue weighted by molar-refractivity contribution is 5.65. The summed E-state index contributed by atoms with van der Waals surface area (Å²) in [5, 5.41) is 14.5. The number of nitro groups is 1. The molecule has 1 atom stereocenters. The predicted molar refractivity (Wildman–Crippen MR) is 85.7 cm³/mol. The van der Waals surface area contributed by atoms with Crippen LogP contribution >= 0.6 is 0 Å². The summed E-state index contributed by atoms with van der Waals surface area (Å²) in [4.78, 5) is 10.9. The van der Waals surface area contributed by atoms with Gasteiger partial charge in [0, 0.05) is 11.6 Å². The van der Waals surface area contributed by atoms with E-state index in [1.54, 1.807) is 19.1 Å². The third-order valence-corrected chi connectivity index (χ3v) is 3.68. The molecule has 2 rings (SSSR count). The van der Waals surface area contributed by atoms with Crippen molar-refractivity contribution in [3.8, 4) is 0 Å². The quantitative estimate of drug-likeness (QED) is 0.643. The first-order valence-electron chi connectivity index (χ1n) is 7.12. The molecule has 21 heavy (non-hydrogen) atoms. The van der Waals surface area contributed by atoms with Gasteiger partial charge in [-0.1, -0.05) is 43.3 Å². The van der Waals surface area contributed by atoms with Crippen LogP contribution in [-0.2, 0) is 6.42 Å². The van der Waals surface area contributed by atoms with Gasteiger partial charge in [-0.05, 0) is 37.5 Å². The van der Waals surface area contributed by atoms with Gasteiger partial charge in [-0.25, -0.2) is 0 Å². The molecule has 0 aliphatic rings. The molecule has 0 spiro atoms. The van der Waals surface area contributed by atoms with Crippen LogP contribution in [0.5, 0.6) is 0 Å². The minimum Gasteiger partial charge on any atom is -0.373 e. The highest BCUT2D eigenvalue weighted by Gasteiger charge is 2.18. The zero-order valence-corrected chi connectivity index (χ0v) is 12.6. The lowest BCUT2D eigenvalue weighted by molar-refractivity contribution is -0.384. The van der Waals surface area contributed by atoms with Crippen LogP contribution in [0.4, 0.5) is 11.4 Å². The highest BCUT2D eigenvalue weighted by atomic mass is 16.6. The maximum atomic E-state index is 11.2. The SMILES string of the molecule is CCc1ccc(C(C)Nc2cccc(C)c2[N+](=O)[O-])cc1. The van der Waals surface area contributed by atoms with Gasteiger partial charge in [0.1, 0.15) is 5.69 Å². The van der Waals surface area contributed by atoms with Crippen molar-refractivity contribution in [2.45, 2.75) is 33.2 Å². The molecule has 4 nitrogen and oxygen atoms in total. The first-order chi connectivity index (χ1) is 10.0. The van der Waals surface area contributed by atoms with Crippen LogP contribution < -0.4 is 5.32 Å². The first-order valence-corrected chi connectivity index (χ1v) is 7.12. The van der Waals surface area contributed by atoms with E-state index in [1.807, 2.05) is 13.0 Å². The molecule has 0 aromatic heterocycles. The van der Waals surface area contributed by atoms with Gasteiger partial charge in [0.05, 0.1) is 4.92 Å². The topological polar surface area (TPSA) is 55.2 Å². The minimum atomic E-state index is -0.329. The van der Waals surface area contributed by atoms with Gasteiger partial charge >= 0.3 is 0 Å². The summed E-state index contributed by atoms with van der Waals surface area (Å²) in [6, 6.07) is 13.7. The fourth-order valence-electron chi connectivity index (χ4n) is 2.38. The molecule has 0 amide bonds. The zero-order valence-electron chi connectivity index (χ0n) is 12.6. The largest absolute Gasteiger partial charge is 0.373 e. The van der Waals surface area contributed by atoms with E-state index >= 15 is 0 Å². The van der Waals surface area contributed by atoms with Crippen molar-refractivity contribution in [2.75, 3.05) is 5.32 Å². The molecular weight excluding hydrogens is 264 g/mol. The van der Waals surface area contributed by atoms with Crippen molar-refractivity contribution >= 4 is 11.4 Å². The van der Waals surface area contributed by atoms with Crippen LogP contribution in [0, 0.1) is 17.0 Å². The lowest BCUT2D eigenvalue weighted by atomic mass is 10.0. The first kappa shape index (κ1) is 15.0. The van der Waals surface area contributed by atoms with E-state index in [4.69, 9.17) is 0 Å². The highest BCUT2D eigenvalue weighted by Crippen LogP contribution is 2.31. The Morgan fingerprint density at radius 3 is 2.43 bits per heavy atom. The summed E-state index contributed by atoms with van der Waals surface area (Å²) in [5.74, 6) is 0. The van der Waals surface area contributed by atoms with E-state index in [2.05, 4.69) is 36.5 Å². The fourth-order valence-corrected chi connectivity index (χ4v) is 2.38. The fraction of sp³-hybridized carbons (Fsp3) is 0.294. The monoisotopic (exact) mass is 284 g/mol. The van der Waals surface area contributed by atoms with Crippen molar-refractivity contribution < 1.29 is 4.92 Å². The van der Waals surface area contributed by atoms with Gasteiger partial charge in [-0.15, -0.1) is 0 Å². The predicted octanol–water partition coefficient (Wildman–Crippen LogP) is 4.64. The number of rotatable bonds is 5. The number of para-hydroxylation sites is 1. The Balaban J connectivity index is 2.24. The van der Waals surface area contributed by atoms with Crippen molar-refractivity contribution in [1.29, 1.82) is 0 Å². The second-order valence-electron chi connectivity index (χ2n) is 5.19. The van der Waals surface area contributed by atoms with Crippen LogP contribution in [0.1, 0.15) is 36.6 Å². The third kappa shape index (κ3) is 3.40. The van der Waals surface area contributed by atoms with Crippen molar-refractivity contribution in [3.63, 3.8) is 0 Å². The minimum absolute atomic E-state index is 0.0106. The van der Waals surface area contributed by atoms with Crippen LogP contribution in [0.2, 0.25) is 0 Å². The Morgan fingerprint density at radius 1 is 1.19 bits per heavy atom. The Bertz CT molecular complexity index is 636. The lowest BCUT2D eigenvalue weighted by Gasteiger charge is -2.16. The summed E-state index contributed by atoms with van der Waals surface area (Å²) in [7, 11) is 0. The average molecular weight is 284 g/mol. The molecule has 0 heterocycles. The lowest BCUT2D eigenvalue weighted by Crippen LogP contribution is -2.09. The van der Waals surface area contributed by atoms with Gasteiger partial charge in [-0.2, -0.15) is 0 Å². The summed E-state index contributed by atoms with van der Waals surface area (Å²) in [6.07, 6.45) is 1.01. The summed E-state index contributed by atoms with van der Waals surface area (Å²) < 4.78 is 0. The average Bonchev–Trinajstić information content (AvgIpc) is 2.47. The molecule has 4 heteroatoms. The zero-order chi connectivity index (χ0) is 15.4.